The van der Waals surface area contributed by atoms with Crippen molar-refractivity contribution in [3.8, 4) is 6.07 Å². The Morgan fingerprint density at radius 1 is 1.60 bits per heavy atom. The number of nitriles is 1. The summed E-state index contributed by atoms with van der Waals surface area (Å²) in [6, 6.07) is 4.41. The van der Waals surface area contributed by atoms with Crippen molar-refractivity contribution in [2.75, 3.05) is 11.5 Å². The Hall–Kier alpha value is -1.52. The van der Waals surface area contributed by atoms with Crippen molar-refractivity contribution in [3.63, 3.8) is 0 Å². The average Bonchev–Trinajstić information content (AvgIpc) is 2.76. The number of rotatable bonds is 3. The molecule has 1 aliphatic rings. The molecule has 1 fully saturated rings. The first-order valence-electron chi connectivity index (χ1n) is 6.25. The highest BCUT2D eigenvalue weighted by atomic mass is 32.2. The summed E-state index contributed by atoms with van der Waals surface area (Å²) in [7, 11) is -3.36. The number of halogens is 1. The third-order valence-corrected chi connectivity index (χ3v) is 5.73. The van der Waals surface area contributed by atoms with Crippen LogP contribution in [0, 0.1) is 22.6 Å². The van der Waals surface area contributed by atoms with Crippen LogP contribution in [0.2, 0.25) is 0 Å². The summed E-state index contributed by atoms with van der Waals surface area (Å²) in [5.74, 6) is -1.10. The van der Waals surface area contributed by atoms with Crippen LogP contribution in [0.25, 0.3) is 0 Å². The Labute approximate surface area is 117 Å². The molecule has 0 bridgehead atoms. The molecule has 0 saturated carbocycles. The van der Waals surface area contributed by atoms with E-state index in [0.29, 0.717) is 0 Å². The average molecular weight is 298 g/mol. The molecule has 7 heteroatoms. The minimum Gasteiger partial charge on any atom is -0.382 e. The second kappa shape index (κ2) is 4.79. The van der Waals surface area contributed by atoms with E-state index in [4.69, 9.17) is 0 Å². The van der Waals surface area contributed by atoms with E-state index in [2.05, 4.69) is 4.98 Å². The van der Waals surface area contributed by atoms with Crippen LogP contribution >= 0.6 is 0 Å². The molecule has 1 N–H and O–H groups in total. The first kappa shape index (κ1) is 14.9. The van der Waals surface area contributed by atoms with Gasteiger partial charge in [0, 0.05) is 0 Å². The van der Waals surface area contributed by atoms with Crippen molar-refractivity contribution in [2.24, 2.45) is 5.41 Å². The van der Waals surface area contributed by atoms with E-state index in [-0.39, 0.29) is 24.3 Å². The lowest BCUT2D eigenvalue weighted by atomic mass is 9.69. The molecule has 0 aliphatic carbocycles. The molecule has 1 saturated heterocycles. The number of sulfone groups is 1. The number of aromatic nitrogens is 1. The van der Waals surface area contributed by atoms with Crippen molar-refractivity contribution in [3.05, 3.63) is 29.8 Å². The van der Waals surface area contributed by atoms with Crippen LogP contribution in [0.15, 0.2) is 18.3 Å². The maximum atomic E-state index is 13.0. The second-order valence-electron chi connectivity index (χ2n) is 5.11. The van der Waals surface area contributed by atoms with Crippen LogP contribution in [-0.4, -0.2) is 30.0 Å². The van der Waals surface area contributed by atoms with Gasteiger partial charge in [0.15, 0.2) is 9.84 Å². The fraction of sp³-hybridized carbons (Fsp3) is 0.538. The third-order valence-electron chi connectivity index (χ3n) is 3.97. The highest BCUT2D eigenvalue weighted by Crippen LogP contribution is 2.48. The van der Waals surface area contributed by atoms with Gasteiger partial charge in [0.05, 0.1) is 29.5 Å². The molecule has 1 aliphatic heterocycles. The lowest BCUT2D eigenvalue weighted by Gasteiger charge is -2.38. The molecule has 5 nitrogen and oxygen atoms in total. The van der Waals surface area contributed by atoms with Gasteiger partial charge in [0.25, 0.3) is 0 Å². The topological polar surface area (TPSA) is 91.1 Å². The summed E-state index contributed by atoms with van der Waals surface area (Å²) in [5.41, 5.74) is -3.02. The molecule has 2 unspecified atom stereocenters. The van der Waals surface area contributed by atoms with Gasteiger partial charge in [-0.3, -0.25) is 4.98 Å². The van der Waals surface area contributed by atoms with Crippen molar-refractivity contribution in [1.29, 1.82) is 5.26 Å². The minimum absolute atomic E-state index is 0.0508. The highest BCUT2D eigenvalue weighted by molar-refractivity contribution is 7.91. The van der Waals surface area contributed by atoms with Crippen LogP contribution in [0.4, 0.5) is 4.39 Å². The molecule has 20 heavy (non-hydrogen) atoms. The predicted octanol–water partition coefficient (Wildman–Crippen LogP) is 1.15. The van der Waals surface area contributed by atoms with Crippen molar-refractivity contribution in [1.82, 2.24) is 4.98 Å². The van der Waals surface area contributed by atoms with Crippen LogP contribution in [0.5, 0.6) is 0 Å². The third kappa shape index (κ3) is 2.19. The molecule has 108 valence electrons. The van der Waals surface area contributed by atoms with Gasteiger partial charge < -0.3 is 5.11 Å². The summed E-state index contributed by atoms with van der Waals surface area (Å²) in [6.45, 7) is 1.65. The summed E-state index contributed by atoms with van der Waals surface area (Å²) in [5, 5.41) is 20.3. The minimum atomic E-state index is -3.36. The zero-order valence-corrected chi connectivity index (χ0v) is 11.8. The molecular formula is C13H15FN2O3S. The van der Waals surface area contributed by atoms with E-state index in [0.717, 1.165) is 12.3 Å². The fourth-order valence-corrected chi connectivity index (χ4v) is 4.74. The molecular weight excluding hydrogens is 283 g/mol. The number of aliphatic hydroxyl groups is 1. The molecule has 2 heterocycles. The monoisotopic (exact) mass is 298 g/mol. The number of pyridine rings is 1. The van der Waals surface area contributed by atoms with Crippen molar-refractivity contribution < 1.29 is 17.9 Å². The van der Waals surface area contributed by atoms with Gasteiger partial charge in [-0.05, 0) is 25.0 Å². The number of nitrogens with zero attached hydrogens (tertiary/aromatic N) is 2. The van der Waals surface area contributed by atoms with Crippen LogP contribution in [-0.2, 0) is 15.4 Å². The van der Waals surface area contributed by atoms with Gasteiger partial charge in [-0.25, -0.2) is 12.8 Å². The molecule has 1 aromatic rings. The molecule has 0 radical (unpaired) electrons. The maximum Gasteiger partial charge on any atom is 0.152 e. The Bertz CT molecular complexity index is 653. The molecule has 0 amide bonds. The zero-order valence-electron chi connectivity index (χ0n) is 11.0. The molecule has 1 aromatic heterocycles. The van der Waals surface area contributed by atoms with Gasteiger partial charge in [-0.2, -0.15) is 5.26 Å². The highest BCUT2D eigenvalue weighted by Gasteiger charge is 2.57. The van der Waals surface area contributed by atoms with Crippen LogP contribution in [0.3, 0.4) is 0 Å². The SMILES string of the molecule is CCC(O)(c1ccc(F)cn1)C1(C#N)CCS(=O)(=O)C1. The molecule has 0 spiro atoms. The lowest BCUT2D eigenvalue weighted by molar-refractivity contribution is -0.0571. The van der Waals surface area contributed by atoms with Gasteiger partial charge in [0.2, 0.25) is 0 Å². The standard InChI is InChI=1S/C13H15FN2O3S/c1-2-13(17,11-4-3-10(14)7-16-11)12(8-15)5-6-20(18,19)9-12/h3-4,7,17H,2,5-6,9H2,1H3. The largest absolute Gasteiger partial charge is 0.382 e. The zero-order chi connectivity index (χ0) is 15.0. The molecule has 0 aromatic carbocycles. The first-order chi connectivity index (χ1) is 9.28. The Morgan fingerprint density at radius 2 is 2.30 bits per heavy atom. The first-order valence-corrected chi connectivity index (χ1v) is 8.07. The summed E-state index contributed by atoms with van der Waals surface area (Å²) >= 11 is 0. The Morgan fingerprint density at radius 3 is 2.70 bits per heavy atom. The predicted molar refractivity (Wildman–Crippen MR) is 69.7 cm³/mol. The van der Waals surface area contributed by atoms with E-state index in [1.807, 2.05) is 6.07 Å². The number of hydrogen-bond acceptors (Lipinski definition) is 5. The fourth-order valence-electron chi connectivity index (χ4n) is 2.74. The van der Waals surface area contributed by atoms with Crippen LogP contribution < -0.4 is 0 Å². The second-order valence-corrected chi connectivity index (χ2v) is 7.30. The van der Waals surface area contributed by atoms with E-state index in [1.54, 1.807) is 6.92 Å². The van der Waals surface area contributed by atoms with E-state index in [9.17, 15) is 23.2 Å². The normalized spacial score (nSPS) is 27.7. The smallest absolute Gasteiger partial charge is 0.152 e. The Kier molecular flexibility index (Phi) is 3.56. The quantitative estimate of drug-likeness (QED) is 0.903. The van der Waals surface area contributed by atoms with Gasteiger partial charge >= 0.3 is 0 Å². The lowest BCUT2D eigenvalue weighted by Crippen LogP contribution is -2.46. The van der Waals surface area contributed by atoms with Gasteiger partial charge in [-0.15, -0.1) is 0 Å². The van der Waals surface area contributed by atoms with Gasteiger partial charge in [0.1, 0.15) is 16.8 Å². The molecule has 2 rings (SSSR count). The summed E-state index contributed by atoms with van der Waals surface area (Å²) in [4.78, 5) is 3.84. The van der Waals surface area contributed by atoms with Crippen molar-refractivity contribution >= 4 is 9.84 Å². The number of hydrogen-bond donors (Lipinski definition) is 1. The van der Waals surface area contributed by atoms with Crippen LogP contribution in [0.1, 0.15) is 25.5 Å². The maximum absolute atomic E-state index is 13.0. The Balaban J connectivity index is 2.55. The molecule has 2 atom stereocenters. The van der Waals surface area contributed by atoms with E-state index >= 15 is 0 Å². The summed E-state index contributed by atoms with van der Waals surface area (Å²) in [6.07, 6.45) is 1.12. The van der Waals surface area contributed by atoms with E-state index < -0.39 is 32.4 Å². The van der Waals surface area contributed by atoms with Gasteiger partial charge in [-0.1, -0.05) is 6.92 Å². The summed E-state index contributed by atoms with van der Waals surface area (Å²) < 4.78 is 36.4. The van der Waals surface area contributed by atoms with Crippen molar-refractivity contribution in [2.45, 2.75) is 25.4 Å². The van der Waals surface area contributed by atoms with E-state index in [1.165, 1.54) is 6.07 Å².